The fourth-order valence-electron chi connectivity index (χ4n) is 2.88. The second kappa shape index (κ2) is 8.83. The van der Waals surface area contributed by atoms with E-state index in [1.807, 2.05) is 60.7 Å². The zero-order valence-corrected chi connectivity index (χ0v) is 14.5. The van der Waals surface area contributed by atoms with E-state index in [1.54, 1.807) is 0 Å². The summed E-state index contributed by atoms with van der Waals surface area (Å²) in [5.74, 6) is -2.38. The average Bonchev–Trinajstić information content (AvgIpc) is 2.66. The molecule has 2 aromatic carbocycles. The Bertz CT molecular complexity index is 667. The number of carbonyl (C=O) groups is 2. The third kappa shape index (κ3) is 4.57. The van der Waals surface area contributed by atoms with Gasteiger partial charge < -0.3 is 9.47 Å². The first-order valence-corrected chi connectivity index (χ1v) is 8.01. The number of allylic oxidation sites excluding steroid dienone is 1. The summed E-state index contributed by atoms with van der Waals surface area (Å²) in [6.45, 7) is 4.17. The number of benzene rings is 2. The number of hydrogen-bond acceptors (Lipinski definition) is 4. The molecule has 0 amide bonds. The van der Waals surface area contributed by atoms with Crippen LogP contribution in [-0.4, -0.2) is 26.2 Å². The van der Waals surface area contributed by atoms with Crippen LogP contribution >= 0.6 is 0 Å². The molecule has 0 aliphatic heterocycles. The lowest BCUT2D eigenvalue weighted by atomic mass is 9.81. The first kappa shape index (κ1) is 18.5. The van der Waals surface area contributed by atoms with Gasteiger partial charge in [-0.15, -0.1) is 0 Å². The number of rotatable bonds is 7. The van der Waals surface area contributed by atoms with Crippen LogP contribution in [0, 0.1) is 5.92 Å². The van der Waals surface area contributed by atoms with Crippen molar-refractivity contribution in [1.82, 2.24) is 0 Å². The van der Waals surface area contributed by atoms with Gasteiger partial charge in [0.25, 0.3) is 0 Å². The molecule has 0 saturated carbocycles. The number of carbonyl (C=O) groups excluding carboxylic acids is 2. The highest BCUT2D eigenvalue weighted by Gasteiger charge is 2.31. The van der Waals surface area contributed by atoms with Crippen molar-refractivity contribution in [3.05, 3.63) is 83.9 Å². The van der Waals surface area contributed by atoms with Gasteiger partial charge in [0, 0.05) is 5.92 Å². The molecule has 0 aliphatic carbocycles. The van der Waals surface area contributed by atoms with Crippen LogP contribution in [-0.2, 0) is 19.1 Å². The van der Waals surface area contributed by atoms with E-state index in [0.29, 0.717) is 0 Å². The van der Waals surface area contributed by atoms with Gasteiger partial charge in [0.05, 0.1) is 14.2 Å². The Morgan fingerprint density at radius 3 is 1.60 bits per heavy atom. The van der Waals surface area contributed by atoms with Crippen molar-refractivity contribution in [3.8, 4) is 0 Å². The normalized spacial score (nSPS) is 10.6. The largest absolute Gasteiger partial charge is 0.468 e. The Balaban J connectivity index is 2.35. The number of ether oxygens (including phenoxy) is 2. The van der Waals surface area contributed by atoms with Gasteiger partial charge in [-0.2, -0.15) is 0 Å². The summed E-state index contributed by atoms with van der Waals surface area (Å²) in [7, 11) is 2.51. The van der Waals surface area contributed by atoms with Gasteiger partial charge in [-0.1, -0.05) is 72.8 Å². The standard InChI is InChI=1S/C21H22O4/c1-15(14-18(20(22)24-2)21(23)25-3)19(16-10-6-4-7-11-16)17-12-8-5-9-13-17/h4-13,18-19H,1,14H2,2-3H3. The van der Waals surface area contributed by atoms with E-state index in [-0.39, 0.29) is 12.3 Å². The van der Waals surface area contributed by atoms with Crippen LogP contribution in [0.4, 0.5) is 0 Å². The molecule has 0 aromatic heterocycles. The predicted molar refractivity (Wildman–Crippen MR) is 96.0 cm³/mol. The van der Waals surface area contributed by atoms with E-state index in [2.05, 4.69) is 6.58 Å². The highest BCUT2D eigenvalue weighted by atomic mass is 16.5. The molecular formula is C21H22O4. The molecule has 0 bridgehead atoms. The van der Waals surface area contributed by atoms with E-state index in [4.69, 9.17) is 9.47 Å². The molecule has 25 heavy (non-hydrogen) atoms. The molecule has 4 heteroatoms. The van der Waals surface area contributed by atoms with Crippen LogP contribution in [0.5, 0.6) is 0 Å². The highest BCUT2D eigenvalue weighted by molar-refractivity contribution is 5.95. The maximum Gasteiger partial charge on any atom is 0.320 e. The van der Waals surface area contributed by atoms with Gasteiger partial charge in [-0.3, -0.25) is 9.59 Å². The van der Waals surface area contributed by atoms with Crippen molar-refractivity contribution < 1.29 is 19.1 Å². The molecule has 0 fully saturated rings. The maximum absolute atomic E-state index is 12.0. The minimum Gasteiger partial charge on any atom is -0.468 e. The highest BCUT2D eigenvalue weighted by Crippen LogP contribution is 2.34. The minimum absolute atomic E-state index is 0.126. The SMILES string of the molecule is C=C(CC(C(=O)OC)C(=O)OC)C(c1ccccc1)c1ccccc1. The van der Waals surface area contributed by atoms with Crippen molar-refractivity contribution in [2.45, 2.75) is 12.3 Å². The van der Waals surface area contributed by atoms with Crippen LogP contribution in [0.1, 0.15) is 23.5 Å². The lowest BCUT2D eigenvalue weighted by molar-refractivity contribution is -0.158. The Morgan fingerprint density at radius 2 is 1.24 bits per heavy atom. The molecule has 0 aliphatic rings. The molecule has 0 saturated heterocycles. The Kier molecular flexibility index (Phi) is 6.52. The minimum atomic E-state index is -1.02. The first-order valence-electron chi connectivity index (χ1n) is 8.01. The van der Waals surface area contributed by atoms with Gasteiger partial charge in [0.1, 0.15) is 0 Å². The molecule has 0 heterocycles. The summed E-state index contributed by atoms with van der Waals surface area (Å²) in [5.41, 5.74) is 2.84. The summed E-state index contributed by atoms with van der Waals surface area (Å²) in [4.78, 5) is 24.0. The second-order valence-corrected chi connectivity index (χ2v) is 5.72. The quantitative estimate of drug-likeness (QED) is 0.438. The smallest absolute Gasteiger partial charge is 0.320 e. The van der Waals surface area contributed by atoms with Crippen LogP contribution < -0.4 is 0 Å². The molecule has 130 valence electrons. The van der Waals surface area contributed by atoms with Gasteiger partial charge in [0.2, 0.25) is 0 Å². The number of methoxy groups -OCH3 is 2. The first-order chi connectivity index (χ1) is 12.1. The fraction of sp³-hybridized carbons (Fsp3) is 0.238. The monoisotopic (exact) mass is 338 g/mol. The van der Waals surface area contributed by atoms with Crippen molar-refractivity contribution in [3.63, 3.8) is 0 Å². The maximum atomic E-state index is 12.0. The summed E-state index contributed by atoms with van der Waals surface area (Å²) in [5, 5.41) is 0. The number of hydrogen-bond donors (Lipinski definition) is 0. The lowest BCUT2D eigenvalue weighted by Gasteiger charge is -2.23. The van der Waals surface area contributed by atoms with Crippen LogP contribution in [0.15, 0.2) is 72.8 Å². The van der Waals surface area contributed by atoms with Crippen LogP contribution in [0.2, 0.25) is 0 Å². The van der Waals surface area contributed by atoms with Gasteiger partial charge in [-0.25, -0.2) is 0 Å². The second-order valence-electron chi connectivity index (χ2n) is 5.72. The van der Waals surface area contributed by atoms with E-state index in [0.717, 1.165) is 16.7 Å². The molecule has 0 unspecified atom stereocenters. The summed E-state index contributed by atoms with van der Waals surface area (Å²) in [6.07, 6.45) is 0.161. The summed E-state index contributed by atoms with van der Waals surface area (Å²) >= 11 is 0. The predicted octanol–water partition coefficient (Wildman–Crippen LogP) is 3.73. The zero-order chi connectivity index (χ0) is 18.2. The number of esters is 2. The molecule has 2 aromatic rings. The van der Waals surface area contributed by atoms with Crippen LogP contribution in [0.25, 0.3) is 0 Å². The molecule has 0 spiro atoms. The molecule has 0 atom stereocenters. The van der Waals surface area contributed by atoms with Crippen LogP contribution in [0.3, 0.4) is 0 Å². The molecular weight excluding hydrogens is 316 g/mol. The van der Waals surface area contributed by atoms with E-state index in [9.17, 15) is 9.59 Å². The van der Waals surface area contributed by atoms with E-state index < -0.39 is 17.9 Å². The van der Waals surface area contributed by atoms with Gasteiger partial charge in [-0.05, 0) is 17.5 Å². The fourth-order valence-corrected chi connectivity index (χ4v) is 2.88. The van der Waals surface area contributed by atoms with Crippen molar-refractivity contribution in [1.29, 1.82) is 0 Å². The zero-order valence-electron chi connectivity index (χ0n) is 14.5. The molecule has 0 N–H and O–H groups in total. The van der Waals surface area contributed by atoms with Crippen molar-refractivity contribution in [2.75, 3.05) is 14.2 Å². The third-order valence-electron chi connectivity index (χ3n) is 4.11. The van der Waals surface area contributed by atoms with Crippen molar-refractivity contribution in [2.24, 2.45) is 5.92 Å². The Hall–Kier alpha value is -2.88. The topological polar surface area (TPSA) is 52.6 Å². The summed E-state index contributed by atoms with van der Waals surface area (Å²) < 4.78 is 9.49. The molecule has 2 rings (SSSR count). The Labute approximate surface area is 148 Å². The van der Waals surface area contributed by atoms with Crippen molar-refractivity contribution >= 4 is 11.9 Å². The van der Waals surface area contributed by atoms with E-state index >= 15 is 0 Å². The Morgan fingerprint density at radius 1 is 0.840 bits per heavy atom. The van der Waals surface area contributed by atoms with Gasteiger partial charge in [0.15, 0.2) is 5.92 Å². The average molecular weight is 338 g/mol. The summed E-state index contributed by atoms with van der Waals surface area (Å²) in [6, 6.07) is 19.7. The molecule has 4 nitrogen and oxygen atoms in total. The third-order valence-corrected chi connectivity index (χ3v) is 4.11. The lowest BCUT2D eigenvalue weighted by Crippen LogP contribution is -2.27. The van der Waals surface area contributed by atoms with E-state index in [1.165, 1.54) is 14.2 Å². The molecule has 0 radical (unpaired) electrons. The van der Waals surface area contributed by atoms with Gasteiger partial charge >= 0.3 is 11.9 Å².